The van der Waals surface area contributed by atoms with Crippen molar-refractivity contribution in [3.05, 3.63) is 228 Å². The SMILES string of the molecule is CC1(C)c2ccccc2-c2ccc(C(CCc3ccc(-c4cc(-c5nc(-c6ccccc6)cc(-c6ccccc6)n5)c5c(c4)oc4ccccc45)cc3)c3ccccc3)cc21. The first-order valence-electron chi connectivity index (χ1n) is 21.3. The number of furan rings is 1. The smallest absolute Gasteiger partial charge is 0.161 e. The lowest BCUT2D eigenvalue weighted by Crippen LogP contribution is -2.15. The van der Waals surface area contributed by atoms with Crippen molar-refractivity contribution in [2.24, 2.45) is 0 Å². The van der Waals surface area contributed by atoms with Crippen molar-refractivity contribution in [1.82, 2.24) is 9.97 Å². The second kappa shape index (κ2) is 15.0. The van der Waals surface area contributed by atoms with Crippen molar-refractivity contribution < 1.29 is 4.42 Å². The zero-order valence-electron chi connectivity index (χ0n) is 34.3. The van der Waals surface area contributed by atoms with Crippen LogP contribution in [0.25, 0.3) is 78.1 Å². The van der Waals surface area contributed by atoms with Gasteiger partial charge in [0.1, 0.15) is 11.2 Å². The number of nitrogens with zero attached hydrogens (tertiary/aromatic N) is 2. The Labute approximate surface area is 357 Å². The van der Waals surface area contributed by atoms with Gasteiger partial charge in [0.15, 0.2) is 5.82 Å². The molecule has 292 valence electrons. The van der Waals surface area contributed by atoms with Crippen LogP contribution in [0.1, 0.15) is 54.0 Å². The van der Waals surface area contributed by atoms with E-state index in [0.29, 0.717) is 5.82 Å². The Hall–Kier alpha value is -7.36. The summed E-state index contributed by atoms with van der Waals surface area (Å²) in [7, 11) is 0. The summed E-state index contributed by atoms with van der Waals surface area (Å²) in [6.45, 7) is 4.73. The van der Waals surface area contributed by atoms with E-state index < -0.39 is 0 Å². The number of rotatable bonds is 9. The Morgan fingerprint density at radius 1 is 0.459 bits per heavy atom. The molecular formula is C58H44N2O. The molecule has 0 radical (unpaired) electrons. The quantitative estimate of drug-likeness (QED) is 0.146. The van der Waals surface area contributed by atoms with Crippen LogP contribution in [-0.2, 0) is 11.8 Å². The second-order valence-electron chi connectivity index (χ2n) is 16.9. The fourth-order valence-corrected chi connectivity index (χ4v) is 9.60. The van der Waals surface area contributed by atoms with Crippen LogP contribution in [0.5, 0.6) is 0 Å². The van der Waals surface area contributed by atoms with Crippen molar-refractivity contribution in [3.63, 3.8) is 0 Å². The lowest BCUT2D eigenvalue weighted by Gasteiger charge is -2.24. The number of aromatic nitrogens is 2. The third kappa shape index (κ3) is 6.63. The first kappa shape index (κ1) is 36.7. The molecule has 0 saturated heterocycles. The summed E-state index contributed by atoms with van der Waals surface area (Å²) in [5.41, 5.74) is 18.2. The Bertz CT molecular complexity index is 3140. The van der Waals surface area contributed by atoms with Crippen molar-refractivity contribution in [2.75, 3.05) is 0 Å². The molecule has 0 bridgehead atoms. The van der Waals surface area contributed by atoms with E-state index in [9.17, 15) is 0 Å². The van der Waals surface area contributed by atoms with Crippen LogP contribution in [0.2, 0.25) is 0 Å². The molecule has 1 aliphatic rings. The Kier molecular flexibility index (Phi) is 9.04. The molecule has 8 aromatic carbocycles. The van der Waals surface area contributed by atoms with E-state index in [4.69, 9.17) is 14.4 Å². The molecule has 0 fully saturated rings. The van der Waals surface area contributed by atoms with Gasteiger partial charge in [-0.1, -0.05) is 190 Å². The van der Waals surface area contributed by atoms with Gasteiger partial charge in [-0.3, -0.25) is 0 Å². The third-order valence-electron chi connectivity index (χ3n) is 12.8. The number of hydrogen-bond acceptors (Lipinski definition) is 3. The van der Waals surface area contributed by atoms with Gasteiger partial charge in [0.05, 0.1) is 11.4 Å². The molecule has 0 spiro atoms. The van der Waals surface area contributed by atoms with Crippen LogP contribution in [-0.4, -0.2) is 9.97 Å². The van der Waals surface area contributed by atoms with Gasteiger partial charge in [-0.05, 0) is 87.2 Å². The van der Waals surface area contributed by atoms with Crippen LogP contribution < -0.4 is 0 Å². The Balaban J connectivity index is 0.955. The topological polar surface area (TPSA) is 38.9 Å². The molecule has 0 aliphatic heterocycles. The number of para-hydroxylation sites is 1. The summed E-state index contributed by atoms with van der Waals surface area (Å²) in [6.07, 6.45) is 1.96. The largest absolute Gasteiger partial charge is 0.456 e. The lowest BCUT2D eigenvalue weighted by atomic mass is 9.79. The number of fused-ring (bicyclic) bond motifs is 6. The van der Waals surface area contributed by atoms with Gasteiger partial charge in [-0.25, -0.2) is 9.97 Å². The lowest BCUT2D eigenvalue weighted by molar-refractivity contribution is 0.654. The van der Waals surface area contributed by atoms with E-state index in [1.807, 2.05) is 24.3 Å². The van der Waals surface area contributed by atoms with E-state index in [2.05, 4.69) is 190 Å². The van der Waals surface area contributed by atoms with E-state index in [1.165, 1.54) is 38.9 Å². The average molecular weight is 785 g/mol. The average Bonchev–Trinajstić information content (AvgIpc) is 3.81. The maximum absolute atomic E-state index is 6.58. The zero-order chi connectivity index (χ0) is 40.9. The van der Waals surface area contributed by atoms with Gasteiger partial charge in [0.2, 0.25) is 0 Å². The number of hydrogen-bond donors (Lipinski definition) is 0. The molecule has 0 saturated carbocycles. The second-order valence-corrected chi connectivity index (χ2v) is 16.9. The predicted molar refractivity (Wildman–Crippen MR) is 252 cm³/mol. The predicted octanol–water partition coefficient (Wildman–Crippen LogP) is 15.1. The molecule has 1 atom stereocenters. The van der Waals surface area contributed by atoms with E-state index in [0.717, 1.165) is 74.0 Å². The van der Waals surface area contributed by atoms with Gasteiger partial charge in [0.25, 0.3) is 0 Å². The molecule has 0 amide bonds. The van der Waals surface area contributed by atoms with Crippen molar-refractivity contribution >= 4 is 21.9 Å². The van der Waals surface area contributed by atoms with E-state index in [1.54, 1.807) is 0 Å². The minimum absolute atomic E-state index is 0.0364. The number of benzene rings is 8. The summed E-state index contributed by atoms with van der Waals surface area (Å²) in [5.74, 6) is 0.942. The molecule has 2 aromatic heterocycles. The van der Waals surface area contributed by atoms with Crippen molar-refractivity contribution in [3.8, 4) is 56.2 Å². The molecular weight excluding hydrogens is 741 g/mol. The summed E-state index contributed by atoms with van der Waals surface area (Å²) < 4.78 is 6.58. The first-order valence-corrected chi connectivity index (χ1v) is 21.3. The molecule has 1 unspecified atom stereocenters. The number of aryl methyl sites for hydroxylation is 1. The van der Waals surface area contributed by atoms with Crippen LogP contribution in [0.4, 0.5) is 0 Å². The van der Waals surface area contributed by atoms with Gasteiger partial charge in [-0.2, -0.15) is 0 Å². The van der Waals surface area contributed by atoms with Gasteiger partial charge < -0.3 is 4.42 Å². The zero-order valence-corrected chi connectivity index (χ0v) is 34.3. The molecule has 2 heterocycles. The highest BCUT2D eigenvalue weighted by atomic mass is 16.3. The third-order valence-corrected chi connectivity index (χ3v) is 12.8. The van der Waals surface area contributed by atoms with Gasteiger partial charge in [-0.15, -0.1) is 0 Å². The summed E-state index contributed by atoms with van der Waals surface area (Å²) >= 11 is 0. The monoisotopic (exact) mass is 784 g/mol. The Morgan fingerprint density at radius 3 is 1.80 bits per heavy atom. The maximum Gasteiger partial charge on any atom is 0.161 e. The molecule has 10 aromatic rings. The molecule has 11 rings (SSSR count). The van der Waals surface area contributed by atoms with Crippen molar-refractivity contribution in [1.29, 1.82) is 0 Å². The van der Waals surface area contributed by atoms with Crippen LogP contribution in [0.3, 0.4) is 0 Å². The molecule has 61 heavy (non-hydrogen) atoms. The highest BCUT2D eigenvalue weighted by molar-refractivity contribution is 6.13. The highest BCUT2D eigenvalue weighted by Gasteiger charge is 2.35. The standard InChI is InChI=1S/C58H44N2O/c1-58(2)50-24-14-12-22-46(50)47-33-31-43(35-51(47)58)45(40-16-6-3-7-17-40)32-28-38-26-29-39(30-27-38)44-34-49(56-48-23-13-15-25-54(48)61-55(56)36-44)57-59-52(41-18-8-4-9-19-41)37-53(60-57)42-20-10-5-11-21-42/h3-27,29-31,33-37,45H,28,32H2,1-2H3. The minimum atomic E-state index is -0.0364. The van der Waals surface area contributed by atoms with Crippen molar-refractivity contribution in [2.45, 2.75) is 38.0 Å². The molecule has 3 nitrogen and oxygen atoms in total. The van der Waals surface area contributed by atoms with Gasteiger partial charge >= 0.3 is 0 Å². The van der Waals surface area contributed by atoms with Crippen LogP contribution in [0, 0.1) is 0 Å². The van der Waals surface area contributed by atoms with Gasteiger partial charge in [0, 0.05) is 38.8 Å². The summed E-state index contributed by atoms with van der Waals surface area (Å²) in [4.78, 5) is 10.5. The molecule has 3 heteroatoms. The minimum Gasteiger partial charge on any atom is -0.456 e. The van der Waals surface area contributed by atoms with Crippen LogP contribution >= 0.6 is 0 Å². The molecule has 1 aliphatic carbocycles. The fraction of sp³-hybridized carbons (Fsp3) is 0.103. The Morgan fingerprint density at radius 2 is 1.08 bits per heavy atom. The highest BCUT2D eigenvalue weighted by Crippen LogP contribution is 2.50. The normalized spacial score (nSPS) is 13.3. The summed E-state index contributed by atoms with van der Waals surface area (Å²) in [6, 6.07) is 71.7. The first-order chi connectivity index (χ1) is 30.0. The van der Waals surface area contributed by atoms with Crippen LogP contribution in [0.15, 0.2) is 205 Å². The maximum atomic E-state index is 6.58. The summed E-state index contributed by atoms with van der Waals surface area (Å²) in [5, 5.41) is 2.07. The molecule has 0 N–H and O–H groups in total. The van der Waals surface area contributed by atoms with E-state index in [-0.39, 0.29) is 11.3 Å². The van der Waals surface area contributed by atoms with E-state index >= 15 is 0 Å². The fourth-order valence-electron chi connectivity index (χ4n) is 9.60.